The SMILES string of the molecule is CN1N[C@@](C)(CC(=O)Nc2ccccc2)NC1=S. The van der Waals surface area contributed by atoms with Crippen molar-refractivity contribution in [3.63, 3.8) is 0 Å². The Balaban J connectivity index is 1.94. The molecule has 1 aliphatic rings. The normalized spacial score (nSPS) is 22.8. The molecule has 2 rings (SSSR count). The maximum absolute atomic E-state index is 11.9. The molecule has 1 atom stereocenters. The average Bonchev–Trinajstić information content (AvgIpc) is 2.53. The summed E-state index contributed by atoms with van der Waals surface area (Å²) in [5.41, 5.74) is 3.37. The highest BCUT2D eigenvalue weighted by Gasteiger charge is 2.35. The predicted molar refractivity (Wildman–Crippen MR) is 74.7 cm³/mol. The van der Waals surface area contributed by atoms with Crippen LogP contribution in [0, 0.1) is 0 Å². The van der Waals surface area contributed by atoms with Gasteiger partial charge in [0.1, 0.15) is 5.66 Å². The minimum absolute atomic E-state index is 0.0678. The summed E-state index contributed by atoms with van der Waals surface area (Å²) in [6.07, 6.45) is 0.284. The van der Waals surface area contributed by atoms with Crippen molar-refractivity contribution in [3.05, 3.63) is 30.3 Å². The number of para-hydroxylation sites is 1. The van der Waals surface area contributed by atoms with E-state index in [0.717, 1.165) is 5.69 Å². The van der Waals surface area contributed by atoms with E-state index in [-0.39, 0.29) is 12.3 Å². The first-order valence-electron chi connectivity index (χ1n) is 5.67. The van der Waals surface area contributed by atoms with Crippen LogP contribution >= 0.6 is 12.2 Å². The largest absolute Gasteiger partial charge is 0.342 e. The first-order valence-corrected chi connectivity index (χ1v) is 6.08. The molecule has 1 aliphatic heterocycles. The number of benzene rings is 1. The summed E-state index contributed by atoms with van der Waals surface area (Å²) in [6.45, 7) is 1.90. The molecule has 5 nitrogen and oxygen atoms in total. The van der Waals surface area contributed by atoms with Crippen LogP contribution in [0.5, 0.6) is 0 Å². The number of rotatable bonds is 3. The van der Waals surface area contributed by atoms with Crippen LogP contribution in [0.1, 0.15) is 13.3 Å². The zero-order chi connectivity index (χ0) is 13.2. The Kier molecular flexibility index (Phi) is 3.49. The van der Waals surface area contributed by atoms with Gasteiger partial charge in [0.05, 0.1) is 6.42 Å². The fourth-order valence-electron chi connectivity index (χ4n) is 1.90. The fourth-order valence-corrected chi connectivity index (χ4v) is 2.17. The van der Waals surface area contributed by atoms with E-state index >= 15 is 0 Å². The zero-order valence-corrected chi connectivity index (χ0v) is 11.2. The first kappa shape index (κ1) is 12.8. The van der Waals surface area contributed by atoms with Crippen LogP contribution in [0.3, 0.4) is 0 Å². The van der Waals surface area contributed by atoms with Gasteiger partial charge in [-0.05, 0) is 31.3 Å². The van der Waals surface area contributed by atoms with E-state index in [0.29, 0.717) is 5.11 Å². The van der Waals surface area contributed by atoms with Crippen LogP contribution < -0.4 is 16.1 Å². The highest BCUT2D eigenvalue weighted by molar-refractivity contribution is 7.80. The molecule has 0 aromatic heterocycles. The van der Waals surface area contributed by atoms with Crippen molar-refractivity contribution >= 4 is 28.9 Å². The van der Waals surface area contributed by atoms with Gasteiger partial charge in [0.15, 0.2) is 5.11 Å². The molecular weight excluding hydrogens is 248 g/mol. The van der Waals surface area contributed by atoms with E-state index in [2.05, 4.69) is 16.1 Å². The molecule has 1 aromatic rings. The number of nitrogens with one attached hydrogen (secondary N) is 3. The number of hydrazine groups is 1. The van der Waals surface area contributed by atoms with Gasteiger partial charge in [-0.25, -0.2) is 5.43 Å². The van der Waals surface area contributed by atoms with Gasteiger partial charge in [-0.2, -0.15) is 0 Å². The third-order valence-electron chi connectivity index (χ3n) is 2.67. The minimum atomic E-state index is -0.537. The number of amides is 1. The third kappa shape index (κ3) is 2.96. The summed E-state index contributed by atoms with van der Waals surface area (Å²) in [7, 11) is 1.82. The van der Waals surface area contributed by atoms with E-state index < -0.39 is 5.66 Å². The van der Waals surface area contributed by atoms with Gasteiger partial charge in [0.25, 0.3) is 0 Å². The van der Waals surface area contributed by atoms with Crippen molar-refractivity contribution in [3.8, 4) is 0 Å². The first-order chi connectivity index (χ1) is 8.48. The zero-order valence-electron chi connectivity index (χ0n) is 10.4. The smallest absolute Gasteiger partial charge is 0.228 e. The predicted octanol–water partition coefficient (Wildman–Crippen LogP) is 1.06. The van der Waals surface area contributed by atoms with Crippen molar-refractivity contribution in [1.82, 2.24) is 15.8 Å². The van der Waals surface area contributed by atoms with Crippen molar-refractivity contribution in [2.24, 2.45) is 0 Å². The van der Waals surface area contributed by atoms with E-state index in [4.69, 9.17) is 12.2 Å². The molecule has 18 heavy (non-hydrogen) atoms. The van der Waals surface area contributed by atoms with E-state index in [1.807, 2.05) is 44.3 Å². The van der Waals surface area contributed by atoms with Crippen LogP contribution in [0.2, 0.25) is 0 Å². The molecule has 96 valence electrons. The van der Waals surface area contributed by atoms with Crippen LogP contribution in [0.15, 0.2) is 30.3 Å². The lowest BCUT2D eigenvalue weighted by Crippen LogP contribution is -2.50. The second kappa shape index (κ2) is 4.91. The molecular formula is C12H16N4OS. The van der Waals surface area contributed by atoms with Gasteiger partial charge in [-0.1, -0.05) is 18.2 Å². The molecule has 0 radical (unpaired) electrons. The molecule has 0 unspecified atom stereocenters. The lowest BCUT2D eigenvalue weighted by molar-refractivity contribution is -0.117. The number of thiocarbonyl (C=S) groups is 1. The van der Waals surface area contributed by atoms with Crippen molar-refractivity contribution in [2.45, 2.75) is 19.0 Å². The Labute approximate surface area is 112 Å². The number of hydrogen-bond acceptors (Lipinski definition) is 3. The highest BCUT2D eigenvalue weighted by atomic mass is 32.1. The number of carbonyl (C=O) groups excluding carboxylic acids is 1. The summed E-state index contributed by atoms with van der Waals surface area (Å²) in [6, 6.07) is 9.38. The summed E-state index contributed by atoms with van der Waals surface area (Å²) in [5, 5.41) is 8.21. The number of anilines is 1. The van der Waals surface area contributed by atoms with Gasteiger partial charge in [-0.15, -0.1) is 0 Å². The van der Waals surface area contributed by atoms with Gasteiger partial charge >= 0.3 is 0 Å². The molecule has 1 amide bonds. The topological polar surface area (TPSA) is 56.4 Å². The molecule has 6 heteroatoms. The maximum Gasteiger partial charge on any atom is 0.228 e. The summed E-state index contributed by atoms with van der Waals surface area (Å²) in [4.78, 5) is 11.9. The molecule has 1 fully saturated rings. The molecule has 1 aromatic carbocycles. The lowest BCUT2D eigenvalue weighted by atomic mass is 10.1. The summed E-state index contributed by atoms with van der Waals surface area (Å²) < 4.78 is 0. The molecule has 1 heterocycles. The Morgan fingerprint density at radius 3 is 2.67 bits per heavy atom. The number of hydrogen-bond donors (Lipinski definition) is 3. The van der Waals surface area contributed by atoms with Gasteiger partial charge in [0, 0.05) is 12.7 Å². The van der Waals surface area contributed by atoms with Crippen LogP contribution in [0.25, 0.3) is 0 Å². The van der Waals surface area contributed by atoms with E-state index in [1.165, 1.54) is 0 Å². The number of nitrogens with zero attached hydrogens (tertiary/aromatic N) is 1. The van der Waals surface area contributed by atoms with Crippen LogP contribution in [-0.2, 0) is 4.79 Å². The number of carbonyl (C=O) groups is 1. The second-order valence-electron chi connectivity index (χ2n) is 4.52. The van der Waals surface area contributed by atoms with Gasteiger partial charge < -0.3 is 10.6 Å². The van der Waals surface area contributed by atoms with Crippen LogP contribution in [-0.4, -0.2) is 28.7 Å². The Hall–Kier alpha value is -1.66. The summed E-state index contributed by atoms with van der Waals surface area (Å²) in [5.74, 6) is -0.0678. The molecule has 0 aliphatic carbocycles. The molecule has 1 saturated heterocycles. The Morgan fingerprint density at radius 2 is 2.11 bits per heavy atom. The standard InChI is InChI=1S/C12H16N4OS/c1-12(14-11(18)16(2)15-12)8-10(17)13-9-6-4-3-5-7-9/h3-7,15H,8H2,1-2H3,(H,13,17)(H,14,18)/t12-/m0/s1. The van der Waals surface area contributed by atoms with Gasteiger partial charge in [-0.3, -0.25) is 9.80 Å². The van der Waals surface area contributed by atoms with Crippen molar-refractivity contribution < 1.29 is 4.79 Å². The van der Waals surface area contributed by atoms with E-state index in [9.17, 15) is 4.79 Å². The third-order valence-corrected chi connectivity index (χ3v) is 3.05. The molecule has 3 N–H and O–H groups in total. The van der Waals surface area contributed by atoms with Crippen molar-refractivity contribution in [2.75, 3.05) is 12.4 Å². The molecule has 0 saturated carbocycles. The minimum Gasteiger partial charge on any atom is -0.342 e. The monoisotopic (exact) mass is 264 g/mol. The fraction of sp³-hybridized carbons (Fsp3) is 0.333. The highest BCUT2D eigenvalue weighted by Crippen LogP contribution is 2.14. The Morgan fingerprint density at radius 1 is 1.44 bits per heavy atom. The van der Waals surface area contributed by atoms with Crippen molar-refractivity contribution in [1.29, 1.82) is 0 Å². The average molecular weight is 264 g/mol. The molecule has 0 spiro atoms. The van der Waals surface area contributed by atoms with Gasteiger partial charge in [0.2, 0.25) is 5.91 Å². The van der Waals surface area contributed by atoms with Crippen LogP contribution in [0.4, 0.5) is 5.69 Å². The Bertz CT molecular complexity index is 464. The summed E-state index contributed by atoms with van der Waals surface area (Å²) >= 11 is 5.09. The second-order valence-corrected chi connectivity index (χ2v) is 4.91. The van der Waals surface area contributed by atoms with E-state index in [1.54, 1.807) is 5.01 Å². The molecule has 0 bridgehead atoms. The maximum atomic E-state index is 11.9. The lowest BCUT2D eigenvalue weighted by Gasteiger charge is -2.23. The quantitative estimate of drug-likeness (QED) is 0.713.